The number of hydrogen-bond acceptors (Lipinski definition) is 4. The van der Waals surface area contributed by atoms with Crippen LogP contribution in [-0.2, 0) is 17.9 Å². The third kappa shape index (κ3) is 6.67. The van der Waals surface area contributed by atoms with Crippen molar-refractivity contribution in [2.75, 3.05) is 11.9 Å². The lowest BCUT2D eigenvalue weighted by Gasteiger charge is -2.30. The second-order valence-corrected chi connectivity index (χ2v) is 9.10. The van der Waals surface area contributed by atoms with Crippen LogP contribution >= 0.6 is 11.3 Å². The van der Waals surface area contributed by atoms with E-state index in [-0.39, 0.29) is 24.5 Å². The average Bonchev–Trinajstić information content (AvgIpc) is 3.22. The number of thiophene rings is 1. The van der Waals surface area contributed by atoms with E-state index in [0.717, 1.165) is 16.0 Å². The van der Waals surface area contributed by atoms with E-state index in [2.05, 4.69) is 17.5 Å². The van der Waals surface area contributed by atoms with E-state index in [9.17, 15) is 9.59 Å². The first kappa shape index (κ1) is 24.0. The van der Waals surface area contributed by atoms with Crippen LogP contribution in [-0.4, -0.2) is 34.3 Å². The molecule has 1 N–H and O–H groups in total. The van der Waals surface area contributed by atoms with Crippen LogP contribution in [0.2, 0.25) is 0 Å². The zero-order valence-electron chi connectivity index (χ0n) is 19.1. The fourth-order valence-electron chi connectivity index (χ4n) is 3.33. The summed E-state index contributed by atoms with van der Waals surface area (Å²) in [5.41, 5.74) is 3.29. The summed E-state index contributed by atoms with van der Waals surface area (Å²) in [6.07, 6.45) is 0. The van der Waals surface area contributed by atoms with Gasteiger partial charge in [-0.1, -0.05) is 30.3 Å². The van der Waals surface area contributed by atoms with Crippen LogP contribution in [0.5, 0.6) is 0 Å². The summed E-state index contributed by atoms with van der Waals surface area (Å²) in [4.78, 5) is 30.9. The maximum absolute atomic E-state index is 13.4. The second kappa shape index (κ2) is 11.3. The molecule has 1 heterocycles. The number of benzene rings is 2. The zero-order chi connectivity index (χ0) is 23.8. The van der Waals surface area contributed by atoms with Gasteiger partial charge in [-0.2, -0.15) is 5.26 Å². The fraction of sp³-hybridized carbons (Fsp3) is 0.269. The van der Waals surface area contributed by atoms with Gasteiger partial charge in [-0.15, -0.1) is 11.3 Å². The molecule has 3 aromatic rings. The Labute approximate surface area is 199 Å². The molecule has 0 aliphatic carbocycles. The maximum Gasteiger partial charge on any atom is 0.322 e. The van der Waals surface area contributed by atoms with Crippen molar-refractivity contribution in [1.82, 2.24) is 9.80 Å². The molecular weight excluding hydrogens is 432 g/mol. The van der Waals surface area contributed by atoms with Gasteiger partial charge in [0.05, 0.1) is 18.2 Å². The minimum absolute atomic E-state index is 0.0307. The Morgan fingerprint density at radius 1 is 1.03 bits per heavy atom. The van der Waals surface area contributed by atoms with Gasteiger partial charge in [0.25, 0.3) is 0 Å². The maximum atomic E-state index is 13.4. The Bertz CT molecular complexity index is 1120. The van der Waals surface area contributed by atoms with E-state index >= 15 is 0 Å². The Hall–Kier alpha value is -3.63. The SMILES string of the molecule is Cc1ccsc1CN(Cc1ccccc1)C(=O)CN(C(=O)Nc1ccc(C#N)cc1)C(C)C. The van der Waals surface area contributed by atoms with Crippen molar-refractivity contribution in [2.45, 2.75) is 39.9 Å². The molecule has 6 nitrogen and oxygen atoms in total. The van der Waals surface area contributed by atoms with Crippen LogP contribution in [0.3, 0.4) is 0 Å². The van der Waals surface area contributed by atoms with Gasteiger partial charge < -0.3 is 15.1 Å². The molecule has 0 bridgehead atoms. The fourth-order valence-corrected chi connectivity index (χ4v) is 4.25. The van der Waals surface area contributed by atoms with Crippen molar-refractivity contribution in [3.63, 3.8) is 0 Å². The van der Waals surface area contributed by atoms with E-state index in [1.54, 1.807) is 40.5 Å². The van der Waals surface area contributed by atoms with Gasteiger partial charge in [0.15, 0.2) is 0 Å². The molecule has 0 unspecified atom stereocenters. The first-order valence-electron chi connectivity index (χ1n) is 10.8. The first-order valence-corrected chi connectivity index (χ1v) is 11.7. The number of nitriles is 1. The summed E-state index contributed by atoms with van der Waals surface area (Å²) in [5, 5.41) is 13.8. The molecule has 1 aromatic heterocycles. The summed E-state index contributed by atoms with van der Waals surface area (Å²) >= 11 is 1.63. The van der Waals surface area contributed by atoms with Crippen LogP contribution in [0.4, 0.5) is 10.5 Å². The highest BCUT2D eigenvalue weighted by Gasteiger charge is 2.24. The highest BCUT2D eigenvalue weighted by Crippen LogP contribution is 2.20. The normalized spacial score (nSPS) is 10.5. The third-order valence-electron chi connectivity index (χ3n) is 5.33. The van der Waals surface area contributed by atoms with Crippen LogP contribution in [0.15, 0.2) is 66.0 Å². The van der Waals surface area contributed by atoms with Gasteiger partial charge in [0.1, 0.15) is 6.54 Å². The molecule has 0 atom stereocenters. The predicted octanol–water partition coefficient (Wildman–Crippen LogP) is 5.40. The molecule has 2 aromatic carbocycles. The molecule has 33 heavy (non-hydrogen) atoms. The lowest BCUT2D eigenvalue weighted by Crippen LogP contribution is -2.47. The van der Waals surface area contributed by atoms with Gasteiger partial charge in [-0.25, -0.2) is 4.79 Å². The lowest BCUT2D eigenvalue weighted by atomic mass is 10.2. The topological polar surface area (TPSA) is 76.4 Å². The quantitative estimate of drug-likeness (QED) is 0.489. The van der Waals surface area contributed by atoms with E-state index in [1.165, 1.54) is 4.90 Å². The highest BCUT2D eigenvalue weighted by atomic mass is 32.1. The smallest absolute Gasteiger partial charge is 0.322 e. The molecule has 0 aliphatic heterocycles. The van der Waals surface area contributed by atoms with Crippen LogP contribution in [0.1, 0.15) is 35.4 Å². The van der Waals surface area contributed by atoms with Crippen molar-refractivity contribution < 1.29 is 9.59 Å². The third-order valence-corrected chi connectivity index (χ3v) is 6.33. The Balaban J connectivity index is 1.75. The molecule has 0 saturated carbocycles. The number of carbonyl (C=O) groups excluding carboxylic acids is 2. The molecule has 0 radical (unpaired) electrons. The zero-order valence-corrected chi connectivity index (χ0v) is 19.9. The number of hydrogen-bond donors (Lipinski definition) is 1. The monoisotopic (exact) mass is 460 g/mol. The number of carbonyl (C=O) groups is 2. The van der Waals surface area contributed by atoms with Crippen LogP contribution in [0.25, 0.3) is 0 Å². The average molecular weight is 461 g/mol. The standard InChI is InChI=1S/C26H28N4O2S/c1-19(2)30(26(32)28-23-11-9-21(15-27)10-12-23)18-25(31)29(16-22-7-5-4-6-8-22)17-24-20(3)13-14-33-24/h4-14,19H,16-18H2,1-3H3,(H,28,32). The number of aryl methyl sites for hydroxylation is 1. The number of anilines is 1. The number of nitrogens with zero attached hydrogens (tertiary/aromatic N) is 3. The minimum Gasteiger partial charge on any atom is -0.332 e. The molecule has 0 aliphatic rings. The first-order chi connectivity index (χ1) is 15.9. The summed E-state index contributed by atoms with van der Waals surface area (Å²) in [6, 6.07) is 20.1. The second-order valence-electron chi connectivity index (χ2n) is 8.10. The predicted molar refractivity (Wildman–Crippen MR) is 132 cm³/mol. The van der Waals surface area contributed by atoms with E-state index in [0.29, 0.717) is 24.3 Å². The van der Waals surface area contributed by atoms with Gasteiger partial charge in [0, 0.05) is 23.2 Å². The number of urea groups is 1. The molecule has 7 heteroatoms. The highest BCUT2D eigenvalue weighted by molar-refractivity contribution is 7.10. The van der Waals surface area contributed by atoms with Gasteiger partial charge in [-0.05, 0) is 67.6 Å². The van der Waals surface area contributed by atoms with E-state index in [1.807, 2.05) is 56.5 Å². The van der Waals surface area contributed by atoms with Crippen molar-refractivity contribution in [1.29, 1.82) is 5.26 Å². The largest absolute Gasteiger partial charge is 0.332 e. The van der Waals surface area contributed by atoms with Gasteiger partial charge in [0.2, 0.25) is 5.91 Å². The Morgan fingerprint density at radius 2 is 1.73 bits per heavy atom. The van der Waals surface area contributed by atoms with E-state index in [4.69, 9.17) is 5.26 Å². The molecule has 170 valence electrons. The summed E-state index contributed by atoms with van der Waals surface area (Å²) in [7, 11) is 0. The van der Waals surface area contributed by atoms with E-state index < -0.39 is 0 Å². The van der Waals surface area contributed by atoms with Crippen molar-refractivity contribution in [2.24, 2.45) is 0 Å². The Morgan fingerprint density at radius 3 is 2.30 bits per heavy atom. The molecule has 0 saturated heterocycles. The summed E-state index contributed by atoms with van der Waals surface area (Å²) in [5.74, 6) is -0.115. The molecule has 3 rings (SSSR count). The molecule has 0 spiro atoms. The summed E-state index contributed by atoms with van der Waals surface area (Å²) in [6.45, 7) is 6.76. The molecule has 3 amide bonds. The van der Waals surface area contributed by atoms with Crippen molar-refractivity contribution in [3.8, 4) is 6.07 Å². The number of nitrogens with one attached hydrogen (secondary N) is 1. The molecular formula is C26H28N4O2S. The number of amides is 3. The number of rotatable bonds is 8. The minimum atomic E-state index is -0.352. The van der Waals surface area contributed by atoms with Gasteiger partial charge >= 0.3 is 6.03 Å². The Kier molecular flexibility index (Phi) is 8.22. The van der Waals surface area contributed by atoms with Crippen molar-refractivity contribution in [3.05, 3.63) is 87.6 Å². The van der Waals surface area contributed by atoms with Crippen LogP contribution < -0.4 is 5.32 Å². The summed E-state index contributed by atoms with van der Waals surface area (Å²) < 4.78 is 0. The van der Waals surface area contributed by atoms with Crippen LogP contribution in [0, 0.1) is 18.3 Å². The van der Waals surface area contributed by atoms with Gasteiger partial charge in [-0.3, -0.25) is 4.79 Å². The lowest BCUT2D eigenvalue weighted by molar-refractivity contribution is -0.133. The van der Waals surface area contributed by atoms with Crippen molar-refractivity contribution >= 4 is 29.0 Å². The molecule has 0 fully saturated rings.